The summed E-state index contributed by atoms with van der Waals surface area (Å²) >= 11 is 0. The van der Waals surface area contributed by atoms with Crippen molar-refractivity contribution in [2.75, 3.05) is 39.5 Å². The third kappa shape index (κ3) is 4.16. The predicted octanol–water partition coefficient (Wildman–Crippen LogP) is 2.07. The molecule has 2 N–H and O–H groups in total. The van der Waals surface area contributed by atoms with Crippen LogP contribution >= 0.6 is 0 Å². The first kappa shape index (κ1) is 19.3. The predicted molar refractivity (Wildman–Crippen MR) is 109 cm³/mol. The Balaban J connectivity index is 1.17. The zero-order valence-electron chi connectivity index (χ0n) is 17.0. The molecule has 4 saturated carbocycles. The summed E-state index contributed by atoms with van der Waals surface area (Å²) < 4.78 is 11.3. The maximum absolute atomic E-state index is 12.9. The van der Waals surface area contributed by atoms with E-state index in [0.717, 1.165) is 70.7 Å². The number of hydrogen-bond donors (Lipinski definition) is 2. The number of nitrogens with one attached hydrogen (secondary N) is 1. The van der Waals surface area contributed by atoms with Crippen LogP contribution in [0.2, 0.25) is 0 Å². The molecule has 5 fully saturated rings. The molecule has 29 heavy (non-hydrogen) atoms. The van der Waals surface area contributed by atoms with Crippen LogP contribution in [0, 0.1) is 17.8 Å². The average Bonchev–Trinajstić information content (AvgIpc) is 2.70. The van der Waals surface area contributed by atoms with Gasteiger partial charge in [0.1, 0.15) is 12.4 Å². The third-order valence-electron chi connectivity index (χ3n) is 7.41. The van der Waals surface area contributed by atoms with Crippen molar-refractivity contribution in [3.8, 4) is 5.75 Å². The van der Waals surface area contributed by atoms with Gasteiger partial charge in [0.15, 0.2) is 0 Å². The summed E-state index contributed by atoms with van der Waals surface area (Å²) in [6.45, 7) is 4.96. The molecule has 2 atom stereocenters. The largest absolute Gasteiger partial charge is 0.492 e. The molecule has 4 bridgehead atoms. The Morgan fingerprint density at radius 3 is 2.69 bits per heavy atom. The quantitative estimate of drug-likeness (QED) is 0.765. The second-order valence-electron chi connectivity index (χ2n) is 9.52. The topological polar surface area (TPSA) is 71.0 Å². The van der Waals surface area contributed by atoms with Crippen LogP contribution in [0.25, 0.3) is 0 Å². The van der Waals surface area contributed by atoms with E-state index >= 15 is 0 Å². The van der Waals surface area contributed by atoms with Crippen molar-refractivity contribution in [1.82, 2.24) is 10.2 Å². The lowest BCUT2D eigenvalue weighted by atomic mass is 9.52. The van der Waals surface area contributed by atoms with Gasteiger partial charge in [-0.15, -0.1) is 0 Å². The van der Waals surface area contributed by atoms with Crippen LogP contribution in [0.3, 0.4) is 0 Å². The molecule has 1 saturated heterocycles. The lowest BCUT2D eigenvalue weighted by Gasteiger charge is -2.58. The van der Waals surface area contributed by atoms with Crippen molar-refractivity contribution >= 4 is 5.91 Å². The highest BCUT2D eigenvalue weighted by Gasteiger charge is 2.55. The van der Waals surface area contributed by atoms with Gasteiger partial charge in [0.2, 0.25) is 0 Å². The molecule has 6 nitrogen and oxygen atoms in total. The number of rotatable bonds is 6. The fourth-order valence-electron chi connectivity index (χ4n) is 6.30. The average molecular weight is 401 g/mol. The smallest absolute Gasteiger partial charge is 0.251 e. The molecular weight excluding hydrogens is 368 g/mol. The number of aliphatic hydroxyl groups is 1. The first-order valence-corrected chi connectivity index (χ1v) is 11.1. The fraction of sp³-hybridized carbons (Fsp3) is 0.696. The van der Waals surface area contributed by atoms with Crippen molar-refractivity contribution in [3.05, 3.63) is 29.8 Å². The first-order chi connectivity index (χ1) is 14.1. The molecule has 158 valence electrons. The molecule has 6 heteroatoms. The number of hydrogen-bond acceptors (Lipinski definition) is 5. The van der Waals surface area contributed by atoms with Gasteiger partial charge in [-0.05, 0) is 68.1 Å². The van der Waals surface area contributed by atoms with E-state index in [0.29, 0.717) is 29.9 Å². The normalized spacial score (nSPS) is 36.2. The van der Waals surface area contributed by atoms with Gasteiger partial charge in [-0.25, -0.2) is 0 Å². The van der Waals surface area contributed by atoms with Crippen LogP contribution in [0.15, 0.2) is 24.3 Å². The van der Waals surface area contributed by atoms with Gasteiger partial charge in [-0.3, -0.25) is 9.69 Å². The molecule has 4 aliphatic carbocycles. The van der Waals surface area contributed by atoms with Crippen molar-refractivity contribution in [1.29, 1.82) is 0 Å². The van der Waals surface area contributed by atoms with Crippen molar-refractivity contribution in [2.24, 2.45) is 17.8 Å². The summed E-state index contributed by atoms with van der Waals surface area (Å²) in [5.74, 6) is 2.21. The van der Waals surface area contributed by atoms with Crippen LogP contribution in [-0.2, 0) is 4.74 Å². The Morgan fingerprint density at radius 2 is 1.97 bits per heavy atom. The van der Waals surface area contributed by atoms with E-state index in [2.05, 4.69) is 10.2 Å². The molecule has 1 heterocycles. The second kappa shape index (κ2) is 7.89. The van der Waals surface area contributed by atoms with Crippen LogP contribution in [0.4, 0.5) is 0 Å². The number of benzene rings is 1. The first-order valence-electron chi connectivity index (χ1n) is 11.1. The summed E-state index contributed by atoms with van der Waals surface area (Å²) in [6, 6.07) is 7.70. The molecule has 0 aromatic heterocycles. The van der Waals surface area contributed by atoms with Crippen molar-refractivity contribution in [2.45, 2.75) is 43.7 Å². The second-order valence-corrected chi connectivity index (χ2v) is 9.52. The Labute approximate surface area is 172 Å². The Morgan fingerprint density at radius 1 is 1.21 bits per heavy atom. The zero-order chi connectivity index (χ0) is 19.8. The van der Waals surface area contributed by atoms with E-state index < -0.39 is 5.60 Å². The highest BCUT2D eigenvalue weighted by atomic mass is 16.5. The van der Waals surface area contributed by atoms with E-state index in [1.165, 1.54) is 0 Å². The SMILES string of the molecule is O=C(NC1C2CC3CC1CC(O)(C3)C2)c1cccc(OCCN2CCOCC2)c1. The standard InChI is InChI=1S/C23H32N2O4/c26-22(24-21-18-10-16-11-19(21)15-23(27,13-16)14-18)17-2-1-3-20(12-17)29-9-6-25-4-7-28-8-5-25/h1-3,12,16,18-19,21,27H,4-11,13-15H2,(H,24,26). The van der Waals surface area contributed by atoms with E-state index in [9.17, 15) is 9.90 Å². The van der Waals surface area contributed by atoms with Gasteiger partial charge in [0.25, 0.3) is 5.91 Å². The Kier molecular flexibility index (Phi) is 5.26. The number of nitrogens with zero attached hydrogens (tertiary/aromatic N) is 1. The van der Waals surface area contributed by atoms with Crippen LogP contribution in [0.5, 0.6) is 5.75 Å². The molecule has 6 rings (SSSR count). The maximum Gasteiger partial charge on any atom is 0.251 e. The third-order valence-corrected chi connectivity index (χ3v) is 7.41. The minimum absolute atomic E-state index is 0.0203. The fourth-order valence-corrected chi connectivity index (χ4v) is 6.30. The number of morpholine rings is 1. The van der Waals surface area contributed by atoms with Crippen LogP contribution in [0.1, 0.15) is 42.5 Å². The van der Waals surface area contributed by atoms with E-state index in [4.69, 9.17) is 9.47 Å². The van der Waals surface area contributed by atoms with Gasteiger partial charge >= 0.3 is 0 Å². The van der Waals surface area contributed by atoms with Gasteiger partial charge in [-0.2, -0.15) is 0 Å². The molecule has 1 aromatic rings. The Bertz CT molecular complexity index is 732. The number of carbonyl (C=O) groups excluding carboxylic acids is 1. The highest BCUT2D eigenvalue weighted by Crippen LogP contribution is 2.55. The van der Waals surface area contributed by atoms with E-state index in [1.807, 2.05) is 24.3 Å². The molecule has 0 spiro atoms. The lowest BCUT2D eigenvalue weighted by Crippen LogP contribution is -2.61. The highest BCUT2D eigenvalue weighted by molar-refractivity contribution is 5.94. The summed E-state index contributed by atoms with van der Waals surface area (Å²) in [5, 5.41) is 14.0. The number of ether oxygens (including phenoxy) is 2. The van der Waals surface area contributed by atoms with E-state index in [-0.39, 0.29) is 11.9 Å². The minimum Gasteiger partial charge on any atom is -0.492 e. The summed E-state index contributed by atoms with van der Waals surface area (Å²) in [5.41, 5.74) is 0.188. The molecule has 1 aromatic carbocycles. The number of amides is 1. The summed E-state index contributed by atoms with van der Waals surface area (Å²) in [7, 11) is 0. The lowest BCUT2D eigenvalue weighted by molar-refractivity contribution is -0.136. The monoisotopic (exact) mass is 400 g/mol. The molecule has 5 aliphatic rings. The molecular formula is C23H32N2O4. The molecule has 1 amide bonds. The summed E-state index contributed by atoms with van der Waals surface area (Å²) in [4.78, 5) is 15.3. The molecule has 0 radical (unpaired) electrons. The van der Waals surface area contributed by atoms with Crippen molar-refractivity contribution < 1.29 is 19.4 Å². The maximum atomic E-state index is 12.9. The molecule has 2 unspecified atom stereocenters. The van der Waals surface area contributed by atoms with Gasteiger partial charge in [-0.1, -0.05) is 6.07 Å². The van der Waals surface area contributed by atoms with Crippen molar-refractivity contribution in [3.63, 3.8) is 0 Å². The zero-order valence-corrected chi connectivity index (χ0v) is 17.0. The summed E-state index contributed by atoms with van der Waals surface area (Å²) in [6.07, 6.45) is 4.94. The Hall–Kier alpha value is -1.63. The van der Waals surface area contributed by atoms with Crippen LogP contribution in [-0.4, -0.2) is 67.0 Å². The minimum atomic E-state index is -0.466. The van der Waals surface area contributed by atoms with Crippen LogP contribution < -0.4 is 10.1 Å². The number of carbonyl (C=O) groups is 1. The van der Waals surface area contributed by atoms with Gasteiger partial charge in [0.05, 0.1) is 18.8 Å². The molecule has 1 aliphatic heterocycles. The van der Waals surface area contributed by atoms with Gasteiger partial charge in [0, 0.05) is 31.2 Å². The van der Waals surface area contributed by atoms with Gasteiger partial charge < -0.3 is 19.9 Å². The van der Waals surface area contributed by atoms with E-state index in [1.54, 1.807) is 0 Å².